The van der Waals surface area contributed by atoms with Gasteiger partial charge in [0.15, 0.2) is 5.78 Å². The lowest BCUT2D eigenvalue weighted by Gasteiger charge is -2.07. The smallest absolute Gasteiger partial charge is 0.224 e. The Bertz CT molecular complexity index is 392. The third-order valence-corrected chi connectivity index (χ3v) is 3.03. The van der Waals surface area contributed by atoms with Gasteiger partial charge in [0.05, 0.1) is 0 Å². The van der Waals surface area contributed by atoms with Crippen LogP contribution in [0.25, 0.3) is 0 Å². The van der Waals surface area contributed by atoms with Crippen LogP contribution in [0, 0.1) is 0 Å². The number of ketones is 1. The first-order valence-electron chi connectivity index (χ1n) is 8.42. The van der Waals surface area contributed by atoms with Crippen molar-refractivity contribution in [2.45, 2.75) is 73.1 Å². The Morgan fingerprint density at radius 3 is 2.18 bits per heavy atom. The van der Waals surface area contributed by atoms with Crippen LogP contribution >= 0.6 is 0 Å². The largest absolute Gasteiger partial charge is 0.326 e. The molecule has 0 aliphatic rings. The topological polar surface area (TPSA) is 46.2 Å². The monoisotopic (exact) mass is 307 g/mol. The Hall–Kier alpha value is -1.64. The Morgan fingerprint density at radius 2 is 1.73 bits per heavy atom. The second-order valence-corrected chi connectivity index (χ2v) is 4.68. The number of allylic oxidation sites excluding steroid dienone is 4. The van der Waals surface area contributed by atoms with Crippen LogP contribution in [0.3, 0.4) is 0 Å². The summed E-state index contributed by atoms with van der Waals surface area (Å²) in [5, 5.41) is 2.80. The molecule has 0 bridgehead atoms. The van der Waals surface area contributed by atoms with E-state index in [4.69, 9.17) is 0 Å². The van der Waals surface area contributed by atoms with Gasteiger partial charge in [0.25, 0.3) is 0 Å². The second kappa shape index (κ2) is 15.7. The molecule has 0 aromatic rings. The van der Waals surface area contributed by atoms with Crippen molar-refractivity contribution in [3.05, 3.63) is 36.1 Å². The van der Waals surface area contributed by atoms with E-state index in [-0.39, 0.29) is 11.7 Å². The molecule has 0 rings (SSSR count). The Balaban J connectivity index is 0. The van der Waals surface area contributed by atoms with Crippen LogP contribution in [0.4, 0.5) is 0 Å². The van der Waals surface area contributed by atoms with Crippen molar-refractivity contribution in [3.63, 3.8) is 0 Å². The van der Waals surface area contributed by atoms with Gasteiger partial charge in [-0.2, -0.15) is 0 Å². The van der Waals surface area contributed by atoms with Crippen LogP contribution in [0.5, 0.6) is 0 Å². The standard InChI is InChI=1S/C17H27NO2.C2H6/c1-5-9-10-11-12-17(20)18-15(7-3)13-14(6-2)16(19)8-4;1-2/h6-7,13H,3,5,8-12H2,1-2,4H3,(H,18,20);1-2H3/b14-6+,15-13+;. The molecule has 0 aromatic heterocycles. The molecule has 0 atom stereocenters. The fourth-order valence-corrected chi connectivity index (χ4v) is 1.78. The van der Waals surface area contributed by atoms with Crippen molar-refractivity contribution in [1.82, 2.24) is 5.32 Å². The maximum Gasteiger partial charge on any atom is 0.224 e. The summed E-state index contributed by atoms with van der Waals surface area (Å²) < 4.78 is 0. The highest BCUT2D eigenvalue weighted by molar-refractivity contribution is 5.98. The lowest BCUT2D eigenvalue weighted by atomic mass is 10.1. The number of amides is 1. The number of carbonyl (C=O) groups is 2. The number of Topliss-reactive ketones (excluding diaryl/α,β-unsaturated/α-hetero) is 1. The fraction of sp³-hybridized carbons (Fsp3) is 0.579. The van der Waals surface area contributed by atoms with Crippen LogP contribution in [-0.4, -0.2) is 11.7 Å². The summed E-state index contributed by atoms with van der Waals surface area (Å²) in [5.74, 6) is 0.0377. The van der Waals surface area contributed by atoms with E-state index in [2.05, 4.69) is 18.8 Å². The van der Waals surface area contributed by atoms with E-state index in [9.17, 15) is 9.59 Å². The van der Waals surface area contributed by atoms with Crippen LogP contribution in [0.2, 0.25) is 0 Å². The van der Waals surface area contributed by atoms with E-state index in [0.29, 0.717) is 24.1 Å². The minimum Gasteiger partial charge on any atom is -0.326 e. The van der Waals surface area contributed by atoms with Crippen LogP contribution < -0.4 is 5.32 Å². The third-order valence-electron chi connectivity index (χ3n) is 3.03. The Morgan fingerprint density at radius 1 is 1.09 bits per heavy atom. The number of rotatable bonds is 10. The molecule has 1 N–H and O–H groups in total. The Labute approximate surface area is 136 Å². The van der Waals surface area contributed by atoms with Crippen molar-refractivity contribution in [2.75, 3.05) is 0 Å². The molecule has 0 aliphatic heterocycles. The SMILES string of the molecule is C=C/C(=C\C(=C/C)C(=O)CC)NC(=O)CCCCCC.CC. The molecule has 0 saturated carbocycles. The molecule has 1 amide bonds. The molecule has 0 fully saturated rings. The summed E-state index contributed by atoms with van der Waals surface area (Å²) in [6.45, 7) is 13.4. The van der Waals surface area contributed by atoms with Crippen LogP contribution in [0.1, 0.15) is 73.1 Å². The Kier molecular flexibility index (Phi) is 16.2. The summed E-state index contributed by atoms with van der Waals surface area (Å²) in [6.07, 6.45) is 10.2. The maximum absolute atomic E-state index is 11.8. The molecule has 0 saturated heterocycles. The normalized spacial score (nSPS) is 11.3. The van der Waals surface area contributed by atoms with E-state index < -0.39 is 0 Å². The molecule has 126 valence electrons. The zero-order valence-electron chi connectivity index (χ0n) is 15.0. The van der Waals surface area contributed by atoms with Crippen LogP contribution in [0.15, 0.2) is 36.1 Å². The number of unbranched alkanes of at least 4 members (excludes halogenated alkanes) is 3. The van der Waals surface area contributed by atoms with Gasteiger partial charge >= 0.3 is 0 Å². The van der Waals surface area contributed by atoms with Gasteiger partial charge in [-0.3, -0.25) is 9.59 Å². The summed E-state index contributed by atoms with van der Waals surface area (Å²) in [6, 6.07) is 0. The van der Waals surface area contributed by atoms with Gasteiger partial charge in [-0.15, -0.1) is 0 Å². The van der Waals surface area contributed by atoms with E-state index >= 15 is 0 Å². The molecular weight excluding hydrogens is 274 g/mol. The van der Waals surface area contributed by atoms with Crippen molar-refractivity contribution in [3.8, 4) is 0 Å². The second-order valence-electron chi connectivity index (χ2n) is 4.68. The van der Waals surface area contributed by atoms with Crippen molar-refractivity contribution < 1.29 is 9.59 Å². The van der Waals surface area contributed by atoms with E-state index in [1.54, 1.807) is 18.2 Å². The average Bonchev–Trinajstić information content (AvgIpc) is 2.56. The maximum atomic E-state index is 11.8. The highest BCUT2D eigenvalue weighted by Gasteiger charge is 2.06. The molecule has 3 nitrogen and oxygen atoms in total. The van der Waals surface area contributed by atoms with Gasteiger partial charge in [0, 0.05) is 24.1 Å². The predicted molar refractivity (Wildman–Crippen MR) is 95.6 cm³/mol. The minimum atomic E-state index is -0.0216. The van der Waals surface area contributed by atoms with Gasteiger partial charge in [-0.25, -0.2) is 0 Å². The average molecular weight is 307 g/mol. The zero-order chi connectivity index (χ0) is 17.4. The predicted octanol–water partition coefficient (Wildman–Crippen LogP) is 5.09. The van der Waals surface area contributed by atoms with Crippen molar-refractivity contribution in [2.24, 2.45) is 0 Å². The van der Waals surface area contributed by atoms with E-state index in [1.807, 2.05) is 27.7 Å². The molecule has 0 aromatic carbocycles. The molecule has 0 heterocycles. The van der Waals surface area contributed by atoms with Gasteiger partial charge in [-0.05, 0) is 25.5 Å². The number of carbonyl (C=O) groups excluding carboxylic acids is 2. The van der Waals surface area contributed by atoms with Gasteiger partial charge in [0.2, 0.25) is 5.91 Å². The summed E-state index contributed by atoms with van der Waals surface area (Å²) in [4.78, 5) is 23.4. The minimum absolute atomic E-state index is 0.0216. The van der Waals surface area contributed by atoms with E-state index in [1.165, 1.54) is 0 Å². The highest BCUT2D eigenvalue weighted by Crippen LogP contribution is 2.07. The lowest BCUT2D eigenvalue weighted by molar-refractivity contribution is -0.120. The molecule has 0 aliphatic carbocycles. The first kappa shape index (κ1) is 22.6. The van der Waals surface area contributed by atoms with Crippen molar-refractivity contribution in [1.29, 1.82) is 0 Å². The number of hydrogen-bond acceptors (Lipinski definition) is 2. The van der Waals surface area contributed by atoms with Gasteiger partial charge in [-0.1, -0.05) is 59.6 Å². The molecule has 0 spiro atoms. The molecule has 3 heteroatoms. The number of hydrogen-bond donors (Lipinski definition) is 1. The molecule has 0 unspecified atom stereocenters. The zero-order valence-corrected chi connectivity index (χ0v) is 15.0. The van der Waals surface area contributed by atoms with Crippen molar-refractivity contribution >= 4 is 11.7 Å². The molecule has 0 radical (unpaired) electrons. The third kappa shape index (κ3) is 11.1. The van der Waals surface area contributed by atoms with Crippen LogP contribution in [-0.2, 0) is 9.59 Å². The number of nitrogens with one attached hydrogen (secondary N) is 1. The lowest BCUT2D eigenvalue weighted by Crippen LogP contribution is -2.21. The van der Waals surface area contributed by atoms with Gasteiger partial charge in [0.1, 0.15) is 0 Å². The highest BCUT2D eigenvalue weighted by atomic mass is 16.1. The summed E-state index contributed by atoms with van der Waals surface area (Å²) in [5.41, 5.74) is 1.19. The van der Waals surface area contributed by atoms with E-state index in [0.717, 1.165) is 25.7 Å². The first-order valence-corrected chi connectivity index (χ1v) is 8.42. The molecule has 22 heavy (non-hydrogen) atoms. The molecular formula is C19H33NO2. The fourth-order valence-electron chi connectivity index (χ4n) is 1.78. The van der Waals surface area contributed by atoms with Gasteiger partial charge < -0.3 is 5.32 Å². The summed E-state index contributed by atoms with van der Waals surface area (Å²) in [7, 11) is 0. The summed E-state index contributed by atoms with van der Waals surface area (Å²) >= 11 is 0. The quantitative estimate of drug-likeness (QED) is 0.347. The first-order chi connectivity index (χ1) is 10.6.